The van der Waals surface area contributed by atoms with Crippen LogP contribution in [0.5, 0.6) is 0 Å². The van der Waals surface area contributed by atoms with E-state index in [0.717, 1.165) is 0 Å². The topological polar surface area (TPSA) is 29.1 Å². The zero-order valence-corrected chi connectivity index (χ0v) is 10.7. The van der Waals surface area contributed by atoms with E-state index in [0.29, 0.717) is 18.4 Å². The van der Waals surface area contributed by atoms with Crippen LogP contribution in [0.25, 0.3) is 0 Å². The molecule has 102 valence electrons. The van der Waals surface area contributed by atoms with Crippen LogP contribution in [0.2, 0.25) is 0 Å². The zero-order valence-electron chi connectivity index (χ0n) is 10.7. The Kier molecular flexibility index (Phi) is 3.01. The van der Waals surface area contributed by atoms with Gasteiger partial charge in [-0.25, -0.2) is 8.78 Å². The van der Waals surface area contributed by atoms with Crippen molar-refractivity contribution < 1.29 is 13.6 Å². The fourth-order valence-electron chi connectivity index (χ4n) is 2.36. The second-order valence-electron chi connectivity index (χ2n) is 5.03. The Labute approximate surface area is 115 Å². The number of carbonyl (C=O) groups is 1. The second kappa shape index (κ2) is 4.71. The van der Waals surface area contributed by atoms with E-state index >= 15 is 0 Å². The van der Waals surface area contributed by atoms with Gasteiger partial charge in [-0.2, -0.15) is 0 Å². The number of rotatable bonds is 3. The molecule has 1 amide bonds. The average molecular weight is 273 g/mol. The second-order valence-corrected chi connectivity index (χ2v) is 5.03. The van der Waals surface area contributed by atoms with Crippen molar-refractivity contribution in [1.82, 2.24) is 5.32 Å². The van der Waals surface area contributed by atoms with Crippen molar-refractivity contribution in [2.75, 3.05) is 0 Å². The van der Waals surface area contributed by atoms with Gasteiger partial charge in [0.1, 0.15) is 11.6 Å². The van der Waals surface area contributed by atoms with Crippen molar-refractivity contribution in [3.8, 4) is 0 Å². The van der Waals surface area contributed by atoms with E-state index in [1.165, 1.54) is 30.3 Å². The predicted molar refractivity (Wildman–Crippen MR) is 71.2 cm³/mol. The van der Waals surface area contributed by atoms with Crippen molar-refractivity contribution >= 4 is 5.91 Å². The lowest BCUT2D eigenvalue weighted by Crippen LogP contribution is -2.35. The summed E-state index contributed by atoms with van der Waals surface area (Å²) >= 11 is 0. The fourth-order valence-corrected chi connectivity index (χ4v) is 2.36. The molecule has 0 radical (unpaired) electrons. The molecule has 2 aromatic carbocycles. The third-order valence-corrected chi connectivity index (χ3v) is 3.58. The van der Waals surface area contributed by atoms with E-state index in [2.05, 4.69) is 5.32 Å². The number of carbonyl (C=O) groups excluding carboxylic acids is 1. The SMILES string of the molecule is O=C(NC1(c2ccccc2F)CC1)c1cccc(F)c1. The molecule has 0 unspecified atom stereocenters. The largest absolute Gasteiger partial charge is 0.342 e. The van der Waals surface area contributed by atoms with Gasteiger partial charge in [-0.3, -0.25) is 4.79 Å². The lowest BCUT2D eigenvalue weighted by molar-refractivity contribution is 0.0929. The van der Waals surface area contributed by atoms with E-state index in [1.807, 2.05) is 0 Å². The fraction of sp³-hybridized carbons (Fsp3) is 0.188. The molecular formula is C16H13F2NO. The Balaban J connectivity index is 1.84. The molecule has 0 aromatic heterocycles. The third kappa shape index (κ3) is 2.29. The van der Waals surface area contributed by atoms with E-state index in [9.17, 15) is 13.6 Å². The quantitative estimate of drug-likeness (QED) is 0.912. The summed E-state index contributed by atoms with van der Waals surface area (Å²) in [5.74, 6) is -1.18. The maximum atomic E-state index is 13.8. The van der Waals surface area contributed by atoms with Crippen LogP contribution in [0.15, 0.2) is 48.5 Å². The first kappa shape index (κ1) is 12.8. The Morgan fingerprint density at radius 3 is 2.45 bits per heavy atom. The molecule has 3 rings (SSSR count). The van der Waals surface area contributed by atoms with E-state index in [4.69, 9.17) is 0 Å². The molecule has 1 aliphatic carbocycles. The standard InChI is InChI=1S/C16H13F2NO/c17-12-5-3-4-11(10-12)15(20)19-16(8-9-16)13-6-1-2-7-14(13)18/h1-7,10H,8-9H2,(H,19,20). The highest BCUT2D eigenvalue weighted by Crippen LogP contribution is 2.46. The first-order valence-corrected chi connectivity index (χ1v) is 6.44. The summed E-state index contributed by atoms with van der Waals surface area (Å²) in [6.07, 6.45) is 1.38. The summed E-state index contributed by atoms with van der Waals surface area (Å²) in [6.45, 7) is 0. The Bertz CT molecular complexity index is 665. The number of halogens is 2. The number of amides is 1. The van der Waals surface area contributed by atoms with E-state index < -0.39 is 11.4 Å². The maximum Gasteiger partial charge on any atom is 0.252 e. The first-order chi connectivity index (χ1) is 9.61. The monoisotopic (exact) mass is 273 g/mol. The lowest BCUT2D eigenvalue weighted by Gasteiger charge is -2.18. The highest BCUT2D eigenvalue weighted by atomic mass is 19.1. The number of nitrogens with one attached hydrogen (secondary N) is 1. The van der Waals surface area contributed by atoms with Gasteiger partial charge >= 0.3 is 0 Å². The molecule has 1 aliphatic rings. The van der Waals surface area contributed by atoms with Crippen molar-refractivity contribution in [2.24, 2.45) is 0 Å². The summed E-state index contributed by atoms with van der Waals surface area (Å²) in [6, 6.07) is 11.9. The minimum Gasteiger partial charge on any atom is -0.342 e. The summed E-state index contributed by atoms with van der Waals surface area (Å²) in [4.78, 5) is 12.1. The van der Waals surface area contributed by atoms with Crippen LogP contribution >= 0.6 is 0 Å². The van der Waals surface area contributed by atoms with Crippen LogP contribution in [0, 0.1) is 11.6 Å². The van der Waals surface area contributed by atoms with Crippen molar-refractivity contribution in [3.05, 3.63) is 71.3 Å². The highest BCUT2D eigenvalue weighted by molar-refractivity contribution is 5.95. The molecule has 0 heterocycles. The molecule has 4 heteroatoms. The summed E-state index contributed by atoms with van der Waals surface area (Å²) in [5.41, 5.74) is 0.0896. The average Bonchev–Trinajstić information content (AvgIpc) is 3.20. The number of hydrogen-bond acceptors (Lipinski definition) is 1. The van der Waals surface area contributed by atoms with Gasteiger partial charge in [-0.05, 0) is 37.1 Å². The third-order valence-electron chi connectivity index (χ3n) is 3.58. The Hall–Kier alpha value is -2.23. The molecule has 0 atom stereocenters. The van der Waals surface area contributed by atoms with Gasteiger partial charge in [0, 0.05) is 11.1 Å². The number of benzene rings is 2. The molecule has 0 spiro atoms. The van der Waals surface area contributed by atoms with E-state index in [1.54, 1.807) is 18.2 Å². The van der Waals surface area contributed by atoms with Crippen molar-refractivity contribution in [3.63, 3.8) is 0 Å². The molecule has 0 bridgehead atoms. The molecule has 20 heavy (non-hydrogen) atoms. The van der Waals surface area contributed by atoms with Crippen LogP contribution in [0.4, 0.5) is 8.78 Å². The van der Waals surface area contributed by atoms with Gasteiger partial charge in [0.25, 0.3) is 5.91 Å². The van der Waals surface area contributed by atoms with Gasteiger partial charge in [-0.1, -0.05) is 24.3 Å². The minimum absolute atomic E-state index is 0.243. The molecule has 1 N–H and O–H groups in total. The summed E-state index contributed by atoms with van der Waals surface area (Å²) < 4.78 is 27.0. The summed E-state index contributed by atoms with van der Waals surface area (Å²) in [5, 5.41) is 2.82. The van der Waals surface area contributed by atoms with Crippen molar-refractivity contribution in [2.45, 2.75) is 18.4 Å². The van der Waals surface area contributed by atoms with Crippen LogP contribution < -0.4 is 5.32 Å². The molecule has 2 aromatic rings. The van der Waals surface area contributed by atoms with Gasteiger partial charge in [-0.15, -0.1) is 0 Å². The summed E-state index contributed by atoms with van der Waals surface area (Å²) in [7, 11) is 0. The van der Waals surface area contributed by atoms with Crippen LogP contribution in [-0.4, -0.2) is 5.91 Å². The Morgan fingerprint density at radius 1 is 1.05 bits per heavy atom. The molecule has 1 fully saturated rings. The van der Waals surface area contributed by atoms with E-state index in [-0.39, 0.29) is 17.3 Å². The Morgan fingerprint density at radius 2 is 1.80 bits per heavy atom. The molecular weight excluding hydrogens is 260 g/mol. The smallest absolute Gasteiger partial charge is 0.252 e. The number of hydrogen-bond donors (Lipinski definition) is 1. The lowest BCUT2D eigenvalue weighted by atomic mass is 10.0. The molecule has 0 saturated heterocycles. The zero-order chi connectivity index (χ0) is 14.2. The molecule has 0 aliphatic heterocycles. The first-order valence-electron chi connectivity index (χ1n) is 6.44. The van der Waals surface area contributed by atoms with Gasteiger partial charge in [0.05, 0.1) is 5.54 Å². The van der Waals surface area contributed by atoms with Crippen molar-refractivity contribution in [1.29, 1.82) is 0 Å². The normalized spacial score (nSPS) is 15.7. The maximum absolute atomic E-state index is 13.8. The van der Waals surface area contributed by atoms with Gasteiger partial charge < -0.3 is 5.32 Å². The molecule has 2 nitrogen and oxygen atoms in total. The highest BCUT2D eigenvalue weighted by Gasteiger charge is 2.47. The minimum atomic E-state index is -0.644. The van der Waals surface area contributed by atoms with Crippen LogP contribution in [-0.2, 0) is 5.54 Å². The van der Waals surface area contributed by atoms with Crippen LogP contribution in [0.1, 0.15) is 28.8 Å². The van der Waals surface area contributed by atoms with Crippen LogP contribution in [0.3, 0.4) is 0 Å². The van der Waals surface area contributed by atoms with Gasteiger partial charge in [0.15, 0.2) is 0 Å². The predicted octanol–water partition coefficient (Wildman–Crippen LogP) is 3.38. The van der Waals surface area contributed by atoms with Gasteiger partial charge in [0.2, 0.25) is 0 Å². The molecule has 1 saturated carbocycles.